The Morgan fingerprint density at radius 2 is 1.33 bits per heavy atom. The second-order valence-electron chi connectivity index (χ2n) is 11.1. The Hall–Kier alpha value is -5.94. The molecule has 200 valence electrons. The fourth-order valence-corrected chi connectivity index (χ4v) is 6.89. The smallest absolute Gasteiger partial charge is 0.236 e. The van der Waals surface area contributed by atoms with Crippen molar-refractivity contribution in [3.8, 4) is 39.6 Å². The molecule has 0 fully saturated rings. The lowest BCUT2D eigenvalue weighted by atomic mass is 9.95. The maximum atomic E-state index is 6.30. The van der Waals surface area contributed by atoms with Gasteiger partial charge >= 0.3 is 0 Å². The summed E-state index contributed by atoms with van der Waals surface area (Å²) in [6.07, 6.45) is 0. The van der Waals surface area contributed by atoms with Crippen molar-refractivity contribution in [2.75, 3.05) is 4.90 Å². The molecule has 0 saturated carbocycles. The summed E-state index contributed by atoms with van der Waals surface area (Å²) in [5, 5.41) is 4.47. The largest absolute Gasteiger partial charge is 0.456 e. The van der Waals surface area contributed by atoms with Crippen LogP contribution in [0, 0.1) is 0 Å². The molecule has 0 atom stereocenters. The van der Waals surface area contributed by atoms with Gasteiger partial charge in [0.05, 0.1) is 33.5 Å². The highest BCUT2D eigenvalue weighted by atomic mass is 16.5. The van der Waals surface area contributed by atoms with Gasteiger partial charge in [0.2, 0.25) is 5.95 Å². The summed E-state index contributed by atoms with van der Waals surface area (Å²) >= 11 is 0. The first-order valence-electron chi connectivity index (χ1n) is 14.4. The Morgan fingerprint density at radius 1 is 0.558 bits per heavy atom. The van der Waals surface area contributed by atoms with Gasteiger partial charge in [-0.1, -0.05) is 84.9 Å². The van der Waals surface area contributed by atoms with E-state index in [1.165, 1.54) is 16.3 Å². The molecule has 8 aromatic rings. The fourth-order valence-electron chi connectivity index (χ4n) is 6.89. The number of rotatable bonds is 1. The minimum Gasteiger partial charge on any atom is -0.456 e. The molecule has 2 aromatic heterocycles. The average Bonchev–Trinajstić information content (AvgIpc) is 3.38. The van der Waals surface area contributed by atoms with Crippen LogP contribution in [0.3, 0.4) is 0 Å². The highest BCUT2D eigenvalue weighted by Crippen LogP contribution is 2.52. The van der Waals surface area contributed by atoms with Crippen molar-refractivity contribution in [3.05, 3.63) is 133 Å². The highest BCUT2D eigenvalue weighted by Gasteiger charge is 2.32. The lowest BCUT2D eigenvalue weighted by Crippen LogP contribution is -2.17. The Labute approximate surface area is 246 Å². The summed E-state index contributed by atoms with van der Waals surface area (Å²) < 4.78 is 8.65. The first kappa shape index (κ1) is 22.7. The van der Waals surface area contributed by atoms with E-state index in [1.807, 2.05) is 36.4 Å². The Balaban J connectivity index is 1.38. The topological polar surface area (TPSA) is 43.2 Å². The van der Waals surface area contributed by atoms with Gasteiger partial charge in [0, 0.05) is 22.1 Å². The van der Waals surface area contributed by atoms with E-state index >= 15 is 0 Å². The Kier molecular flexibility index (Phi) is 4.39. The van der Waals surface area contributed by atoms with E-state index in [-0.39, 0.29) is 0 Å². The number of nitrogens with zero attached hydrogens (tertiary/aromatic N) is 4. The van der Waals surface area contributed by atoms with E-state index < -0.39 is 0 Å². The number of benzene rings is 6. The summed E-state index contributed by atoms with van der Waals surface area (Å²) in [5.74, 6) is 3.19. The third kappa shape index (κ3) is 3.05. The molecule has 0 aliphatic carbocycles. The van der Waals surface area contributed by atoms with E-state index in [0.29, 0.717) is 5.95 Å². The predicted molar refractivity (Wildman–Crippen MR) is 173 cm³/mol. The molecule has 4 heterocycles. The van der Waals surface area contributed by atoms with Crippen molar-refractivity contribution in [2.45, 2.75) is 0 Å². The first-order valence-corrected chi connectivity index (χ1v) is 14.4. The van der Waals surface area contributed by atoms with E-state index in [2.05, 4.69) is 107 Å². The molecule has 0 bridgehead atoms. The molecule has 0 amide bonds. The monoisotopic (exact) mass is 550 g/mol. The van der Waals surface area contributed by atoms with Crippen LogP contribution < -0.4 is 9.64 Å². The van der Waals surface area contributed by atoms with Crippen molar-refractivity contribution in [1.29, 1.82) is 0 Å². The van der Waals surface area contributed by atoms with Crippen LogP contribution in [0.25, 0.3) is 60.6 Å². The summed E-state index contributed by atoms with van der Waals surface area (Å²) in [6, 6.07) is 46.7. The van der Waals surface area contributed by atoms with Crippen LogP contribution in [0.4, 0.5) is 17.5 Å². The van der Waals surface area contributed by atoms with Crippen molar-refractivity contribution >= 4 is 50.0 Å². The minimum absolute atomic E-state index is 0.616. The van der Waals surface area contributed by atoms with Crippen LogP contribution in [0.1, 0.15) is 0 Å². The third-order valence-electron chi connectivity index (χ3n) is 8.72. The summed E-state index contributed by atoms with van der Waals surface area (Å²) in [4.78, 5) is 12.9. The van der Waals surface area contributed by atoms with Gasteiger partial charge in [0.1, 0.15) is 17.3 Å². The zero-order valence-electron chi connectivity index (χ0n) is 22.9. The molecule has 2 aliphatic heterocycles. The highest BCUT2D eigenvalue weighted by molar-refractivity contribution is 6.09. The second-order valence-corrected chi connectivity index (χ2v) is 11.1. The van der Waals surface area contributed by atoms with Crippen LogP contribution in [-0.2, 0) is 0 Å². The molecule has 43 heavy (non-hydrogen) atoms. The van der Waals surface area contributed by atoms with Crippen molar-refractivity contribution in [2.24, 2.45) is 0 Å². The zero-order valence-corrected chi connectivity index (χ0v) is 22.9. The molecular weight excluding hydrogens is 528 g/mol. The molecule has 5 heteroatoms. The van der Waals surface area contributed by atoms with Crippen LogP contribution in [0.15, 0.2) is 133 Å². The van der Waals surface area contributed by atoms with Gasteiger partial charge in [-0.05, 0) is 59.3 Å². The summed E-state index contributed by atoms with van der Waals surface area (Å²) in [7, 11) is 0. The van der Waals surface area contributed by atoms with Gasteiger partial charge in [-0.3, -0.25) is 9.47 Å². The van der Waals surface area contributed by atoms with Gasteiger partial charge in [-0.2, -0.15) is 0 Å². The normalized spacial score (nSPS) is 12.8. The number of aromatic nitrogens is 3. The molecule has 10 rings (SSSR count). The Bertz CT molecular complexity index is 2460. The van der Waals surface area contributed by atoms with Gasteiger partial charge in [0.15, 0.2) is 0 Å². The molecule has 0 spiro atoms. The van der Waals surface area contributed by atoms with Crippen molar-refractivity contribution in [1.82, 2.24) is 14.5 Å². The number of fused-ring (bicyclic) bond motifs is 11. The molecule has 5 nitrogen and oxygen atoms in total. The number of para-hydroxylation sites is 3. The number of hydrogen-bond acceptors (Lipinski definition) is 4. The van der Waals surface area contributed by atoms with E-state index in [1.54, 1.807) is 0 Å². The van der Waals surface area contributed by atoms with E-state index in [9.17, 15) is 0 Å². The van der Waals surface area contributed by atoms with Crippen LogP contribution in [0.2, 0.25) is 0 Å². The zero-order chi connectivity index (χ0) is 28.1. The first-order chi connectivity index (χ1) is 21.3. The SMILES string of the molecule is c1ccc2c(c1)Oc1cccc3nc(N4c5ccc6ccccc6c5-c5ccccc5-n5c4cc4ccccc45)nc-2c13. The van der Waals surface area contributed by atoms with E-state index in [0.717, 1.165) is 67.3 Å². The molecule has 2 aliphatic rings. The molecule has 0 unspecified atom stereocenters. The lowest BCUT2D eigenvalue weighted by molar-refractivity contribution is 0.486. The molecule has 0 saturated heterocycles. The van der Waals surface area contributed by atoms with Gasteiger partial charge in [-0.15, -0.1) is 0 Å². The number of anilines is 3. The second kappa shape index (κ2) is 8.30. The van der Waals surface area contributed by atoms with Crippen LogP contribution in [-0.4, -0.2) is 14.5 Å². The van der Waals surface area contributed by atoms with Crippen LogP contribution >= 0.6 is 0 Å². The maximum Gasteiger partial charge on any atom is 0.236 e. The van der Waals surface area contributed by atoms with Gasteiger partial charge < -0.3 is 4.74 Å². The molecule has 0 radical (unpaired) electrons. The van der Waals surface area contributed by atoms with Crippen LogP contribution in [0.5, 0.6) is 11.5 Å². The van der Waals surface area contributed by atoms with Crippen molar-refractivity contribution in [3.63, 3.8) is 0 Å². The predicted octanol–water partition coefficient (Wildman–Crippen LogP) is 9.95. The Morgan fingerprint density at radius 3 is 2.28 bits per heavy atom. The molecule has 0 N–H and O–H groups in total. The molecule has 6 aromatic carbocycles. The fraction of sp³-hybridized carbons (Fsp3) is 0. The van der Waals surface area contributed by atoms with Crippen molar-refractivity contribution < 1.29 is 4.74 Å². The van der Waals surface area contributed by atoms with Gasteiger partial charge in [0.25, 0.3) is 0 Å². The number of ether oxygens (including phenoxy) is 1. The third-order valence-corrected chi connectivity index (χ3v) is 8.72. The standard InChI is InChI=1S/C38H22N4O/c1-3-12-25-23(10-1)20-21-31-35(25)26-13-4-7-17-30(26)41-29-16-6-2-11-24(29)22-34(41)42(31)38-39-28-15-9-19-33-36(28)37(40-38)27-14-5-8-18-32(27)43-33/h1-22H. The van der Waals surface area contributed by atoms with E-state index in [4.69, 9.17) is 14.7 Å². The summed E-state index contributed by atoms with van der Waals surface area (Å²) in [5.41, 5.74) is 8.32. The maximum absolute atomic E-state index is 6.30. The average molecular weight is 551 g/mol. The minimum atomic E-state index is 0.616. The number of hydrogen-bond donors (Lipinski definition) is 0. The molecular formula is C38H22N4O. The van der Waals surface area contributed by atoms with Gasteiger partial charge in [-0.25, -0.2) is 9.97 Å². The lowest BCUT2D eigenvalue weighted by Gasteiger charge is -2.27. The quantitative estimate of drug-likeness (QED) is 0.204. The summed E-state index contributed by atoms with van der Waals surface area (Å²) in [6.45, 7) is 0.